The number of ether oxygens (including phenoxy) is 1. The molecule has 3 aromatic rings. The fourth-order valence-electron chi connectivity index (χ4n) is 2.95. The number of halogens is 1. The molecule has 0 radical (unpaired) electrons. The van der Waals surface area contributed by atoms with Crippen LogP contribution in [0.25, 0.3) is 11.4 Å². The van der Waals surface area contributed by atoms with Crippen molar-refractivity contribution < 1.29 is 4.74 Å². The molecule has 0 saturated heterocycles. The second-order valence-corrected chi connectivity index (χ2v) is 10.3. The highest BCUT2D eigenvalue weighted by atomic mass is 79.9. The fraction of sp³-hybridized carbons (Fsp3) is 0.320. The zero-order valence-corrected chi connectivity index (χ0v) is 19.8. The van der Waals surface area contributed by atoms with E-state index in [1.807, 2.05) is 24.4 Å². The van der Waals surface area contributed by atoms with Crippen molar-refractivity contribution in [2.24, 2.45) is 0 Å². The fourth-order valence-corrected chi connectivity index (χ4v) is 3.31. The molecule has 0 spiro atoms. The second kappa shape index (κ2) is 8.20. The Balaban J connectivity index is 2.12. The Morgan fingerprint density at radius 1 is 0.867 bits per heavy atom. The van der Waals surface area contributed by atoms with E-state index in [9.17, 15) is 5.26 Å². The largest absolute Gasteiger partial charge is 0.438 e. The number of pyridine rings is 2. The first-order valence-electron chi connectivity index (χ1n) is 9.84. The minimum absolute atomic E-state index is 0.0117. The SMILES string of the molecule is CC(C)(C)c1ccnc(-c2cc(C(C)(C)C)cc(Oc3ccc(Br)cc3C#N)n2)c1. The van der Waals surface area contributed by atoms with Crippen LogP contribution in [0.1, 0.15) is 58.2 Å². The molecule has 0 unspecified atom stereocenters. The Labute approximate surface area is 187 Å². The second-order valence-electron chi connectivity index (χ2n) is 9.36. The van der Waals surface area contributed by atoms with Crippen LogP contribution in [0.5, 0.6) is 11.6 Å². The molecule has 30 heavy (non-hydrogen) atoms. The van der Waals surface area contributed by atoms with Crippen LogP contribution in [0.3, 0.4) is 0 Å². The smallest absolute Gasteiger partial charge is 0.220 e. The van der Waals surface area contributed by atoms with Gasteiger partial charge in [0.25, 0.3) is 0 Å². The summed E-state index contributed by atoms with van der Waals surface area (Å²) >= 11 is 3.39. The van der Waals surface area contributed by atoms with Gasteiger partial charge in [0.05, 0.1) is 17.0 Å². The maximum absolute atomic E-state index is 9.46. The monoisotopic (exact) mass is 463 g/mol. The molecule has 0 aliphatic heterocycles. The average molecular weight is 464 g/mol. The topological polar surface area (TPSA) is 58.8 Å². The summed E-state index contributed by atoms with van der Waals surface area (Å²) in [6, 6.07) is 15.6. The molecule has 4 nitrogen and oxygen atoms in total. The van der Waals surface area contributed by atoms with Gasteiger partial charge in [0.2, 0.25) is 5.88 Å². The van der Waals surface area contributed by atoms with Crippen LogP contribution < -0.4 is 4.74 Å². The molecule has 0 amide bonds. The Kier molecular flexibility index (Phi) is 6.01. The Bertz CT molecular complexity index is 1120. The van der Waals surface area contributed by atoms with Gasteiger partial charge in [-0.1, -0.05) is 57.5 Å². The number of hydrogen-bond acceptors (Lipinski definition) is 4. The Morgan fingerprint density at radius 3 is 2.17 bits per heavy atom. The highest BCUT2D eigenvalue weighted by molar-refractivity contribution is 9.10. The summed E-state index contributed by atoms with van der Waals surface area (Å²) in [6.07, 6.45) is 1.82. The number of nitriles is 1. The summed E-state index contributed by atoms with van der Waals surface area (Å²) < 4.78 is 6.89. The van der Waals surface area contributed by atoms with Gasteiger partial charge in [-0.25, -0.2) is 4.98 Å². The summed E-state index contributed by atoms with van der Waals surface area (Å²) in [5, 5.41) is 9.46. The lowest BCUT2D eigenvalue weighted by Gasteiger charge is -2.22. The molecular formula is C25H26BrN3O. The normalized spacial score (nSPS) is 11.8. The zero-order chi connectivity index (χ0) is 22.1. The molecule has 5 heteroatoms. The first kappa shape index (κ1) is 22.0. The predicted octanol–water partition coefficient (Wildman–Crippen LogP) is 7.17. The maximum Gasteiger partial charge on any atom is 0.220 e. The third kappa shape index (κ3) is 5.06. The average Bonchev–Trinajstić information content (AvgIpc) is 2.68. The molecule has 3 rings (SSSR count). The van der Waals surface area contributed by atoms with E-state index in [4.69, 9.17) is 9.72 Å². The lowest BCUT2D eigenvalue weighted by molar-refractivity contribution is 0.458. The molecule has 1 aromatic carbocycles. The van der Waals surface area contributed by atoms with Gasteiger partial charge in [-0.05, 0) is 58.4 Å². The van der Waals surface area contributed by atoms with Crippen molar-refractivity contribution in [3.05, 3.63) is 69.8 Å². The van der Waals surface area contributed by atoms with Crippen molar-refractivity contribution in [1.82, 2.24) is 9.97 Å². The third-order valence-electron chi connectivity index (χ3n) is 4.83. The van der Waals surface area contributed by atoms with Crippen molar-refractivity contribution >= 4 is 15.9 Å². The summed E-state index contributed by atoms with van der Waals surface area (Å²) in [4.78, 5) is 9.29. The molecule has 0 bridgehead atoms. The van der Waals surface area contributed by atoms with Gasteiger partial charge in [-0.15, -0.1) is 0 Å². The highest BCUT2D eigenvalue weighted by Crippen LogP contribution is 2.33. The Hall–Kier alpha value is -2.71. The van der Waals surface area contributed by atoms with E-state index in [0.29, 0.717) is 17.2 Å². The van der Waals surface area contributed by atoms with Crippen molar-refractivity contribution in [2.45, 2.75) is 52.4 Å². The van der Waals surface area contributed by atoms with Crippen LogP contribution in [0.4, 0.5) is 0 Å². The van der Waals surface area contributed by atoms with E-state index >= 15 is 0 Å². The van der Waals surface area contributed by atoms with E-state index in [1.54, 1.807) is 12.1 Å². The van der Waals surface area contributed by atoms with Crippen LogP contribution in [0.15, 0.2) is 53.1 Å². The van der Waals surface area contributed by atoms with Crippen LogP contribution >= 0.6 is 15.9 Å². The van der Waals surface area contributed by atoms with E-state index in [1.165, 1.54) is 5.56 Å². The highest BCUT2D eigenvalue weighted by Gasteiger charge is 2.20. The summed E-state index contributed by atoms with van der Waals surface area (Å²) in [6.45, 7) is 13.0. The molecule has 0 saturated carbocycles. The lowest BCUT2D eigenvalue weighted by Crippen LogP contribution is -2.13. The third-order valence-corrected chi connectivity index (χ3v) is 5.33. The summed E-state index contributed by atoms with van der Waals surface area (Å²) in [7, 11) is 0. The standard InChI is InChI=1S/C25H26BrN3O/c1-24(2,3)17-9-10-28-20(12-17)21-13-18(25(4,5)6)14-23(29-21)30-22-8-7-19(26)11-16(22)15-27/h7-14H,1-6H3. The first-order chi connectivity index (χ1) is 14.0. The van der Waals surface area contributed by atoms with Crippen molar-refractivity contribution in [2.75, 3.05) is 0 Å². The molecule has 0 aliphatic rings. The van der Waals surface area contributed by atoms with E-state index < -0.39 is 0 Å². The van der Waals surface area contributed by atoms with Gasteiger partial charge in [0.15, 0.2) is 0 Å². The number of nitrogens with zero attached hydrogens (tertiary/aromatic N) is 3. The van der Waals surface area contributed by atoms with Gasteiger partial charge in [-0.2, -0.15) is 5.26 Å². The molecule has 2 heterocycles. The molecule has 154 valence electrons. The quantitative estimate of drug-likeness (QED) is 0.413. The van der Waals surface area contributed by atoms with Crippen LogP contribution in [0, 0.1) is 11.3 Å². The maximum atomic E-state index is 9.46. The van der Waals surface area contributed by atoms with Crippen molar-refractivity contribution in [3.8, 4) is 29.1 Å². The molecule has 0 N–H and O–H groups in total. The van der Waals surface area contributed by atoms with Gasteiger partial charge in [0, 0.05) is 16.7 Å². The van der Waals surface area contributed by atoms with Gasteiger partial charge in [0.1, 0.15) is 11.8 Å². The summed E-state index contributed by atoms with van der Waals surface area (Å²) in [5.41, 5.74) is 4.18. The lowest BCUT2D eigenvalue weighted by atomic mass is 9.86. The van der Waals surface area contributed by atoms with Crippen molar-refractivity contribution in [1.29, 1.82) is 5.26 Å². The molecule has 0 aliphatic carbocycles. The van der Waals surface area contributed by atoms with Crippen LogP contribution in [0.2, 0.25) is 0 Å². The van der Waals surface area contributed by atoms with Crippen LogP contribution in [-0.4, -0.2) is 9.97 Å². The van der Waals surface area contributed by atoms with Gasteiger partial charge in [-0.3, -0.25) is 4.98 Å². The van der Waals surface area contributed by atoms with E-state index in [0.717, 1.165) is 21.4 Å². The summed E-state index contributed by atoms with van der Waals surface area (Å²) in [5.74, 6) is 0.917. The number of benzene rings is 1. The zero-order valence-electron chi connectivity index (χ0n) is 18.2. The van der Waals surface area contributed by atoms with Crippen LogP contribution in [-0.2, 0) is 10.8 Å². The minimum atomic E-state index is -0.102. The van der Waals surface area contributed by atoms with E-state index in [-0.39, 0.29) is 10.8 Å². The van der Waals surface area contributed by atoms with Crippen molar-refractivity contribution in [3.63, 3.8) is 0 Å². The van der Waals surface area contributed by atoms with E-state index in [2.05, 4.69) is 80.7 Å². The molecular weight excluding hydrogens is 438 g/mol. The predicted molar refractivity (Wildman–Crippen MR) is 124 cm³/mol. The van der Waals surface area contributed by atoms with Gasteiger partial charge >= 0.3 is 0 Å². The molecule has 0 fully saturated rings. The molecule has 2 aromatic heterocycles. The molecule has 0 atom stereocenters. The number of aromatic nitrogens is 2. The number of hydrogen-bond donors (Lipinski definition) is 0. The number of rotatable bonds is 3. The first-order valence-corrected chi connectivity index (χ1v) is 10.6. The Morgan fingerprint density at radius 2 is 1.53 bits per heavy atom. The minimum Gasteiger partial charge on any atom is -0.438 e. The van der Waals surface area contributed by atoms with Gasteiger partial charge < -0.3 is 4.74 Å².